The molecular formula is C35H37BrClN3O4S. The van der Waals surface area contributed by atoms with E-state index < -0.39 is 28.5 Å². The summed E-state index contributed by atoms with van der Waals surface area (Å²) in [5.74, 6) is -0.849. The first kappa shape index (κ1) is 34.2. The summed E-state index contributed by atoms with van der Waals surface area (Å²) < 4.78 is 30.1. The molecule has 2 atom stereocenters. The maximum Gasteiger partial charge on any atom is 0.264 e. The number of benzene rings is 4. The molecule has 0 saturated carbocycles. The van der Waals surface area contributed by atoms with Gasteiger partial charge < -0.3 is 10.2 Å². The summed E-state index contributed by atoms with van der Waals surface area (Å²) in [4.78, 5) is 29.9. The molecule has 0 fully saturated rings. The van der Waals surface area contributed by atoms with Crippen molar-refractivity contribution in [3.8, 4) is 0 Å². The predicted molar refractivity (Wildman–Crippen MR) is 184 cm³/mol. The van der Waals surface area contributed by atoms with Crippen molar-refractivity contribution in [1.82, 2.24) is 10.2 Å². The van der Waals surface area contributed by atoms with E-state index in [1.165, 1.54) is 23.1 Å². The van der Waals surface area contributed by atoms with Crippen LogP contribution in [0.5, 0.6) is 0 Å². The molecule has 2 amide bonds. The van der Waals surface area contributed by atoms with Gasteiger partial charge in [-0.3, -0.25) is 13.9 Å². The van der Waals surface area contributed by atoms with Crippen molar-refractivity contribution in [3.05, 3.63) is 129 Å². The number of halogens is 2. The van der Waals surface area contributed by atoms with Crippen molar-refractivity contribution < 1.29 is 18.0 Å². The molecule has 0 aliphatic heterocycles. The molecule has 236 valence electrons. The Hall–Kier alpha value is -3.66. The lowest BCUT2D eigenvalue weighted by Gasteiger charge is -2.34. The molecule has 0 radical (unpaired) electrons. The first-order valence-corrected chi connectivity index (χ1v) is 17.3. The largest absolute Gasteiger partial charge is 0.352 e. The molecule has 0 aliphatic rings. The van der Waals surface area contributed by atoms with Gasteiger partial charge in [-0.1, -0.05) is 101 Å². The minimum atomic E-state index is -4.20. The van der Waals surface area contributed by atoms with Crippen LogP contribution in [0.25, 0.3) is 0 Å². The van der Waals surface area contributed by atoms with Gasteiger partial charge in [0.05, 0.1) is 10.6 Å². The average Bonchev–Trinajstić information content (AvgIpc) is 3.02. The highest BCUT2D eigenvalue weighted by Crippen LogP contribution is 2.27. The SMILES string of the molecule is CC[C@H](C)NC(=O)[C@@H](Cc1ccccc1)N(Cc1cccc(Br)c1)C(=O)CN(c1cccc(Cl)c1)S(=O)(=O)c1ccc(C)cc1. The molecular weight excluding hydrogens is 674 g/mol. The number of nitrogens with one attached hydrogen (secondary N) is 1. The molecule has 4 aromatic rings. The van der Waals surface area contributed by atoms with E-state index in [1.807, 2.05) is 75.4 Å². The monoisotopic (exact) mass is 709 g/mol. The average molecular weight is 711 g/mol. The molecule has 0 bridgehead atoms. The third-order valence-electron chi connectivity index (χ3n) is 7.50. The van der Waals surface area contributed by atoms with E-state index in [2.05, 4.69) is 21.2 Å². The number of rotatable bonds is 13. The van der Waals surface area contributed by atoms with Gasteiger partial charge in [-0.15, -0.1) is 0 Å². The van der Waals surface area contributed by atoms with Gasteiger partial charge in [-0.25, -0.2) is 8.42 Å². The summed E-state index contributed by atoms with van der Waals surface area (Å²) in [6.45, 7) is 5.28. The Bertz CT molecular complexity index is 1720. The van der Waals surface area contributed by atoms with Crippen molar-refractivity contribution in [2.75, 3.05) is 10.8 Å². The fourth-order valence-corrected chi connectivity index (χ4v) is 6.86. The number of sulfonamides is 1. The van der Waals surface area contributed by atoms with Gasteiger partial charge in [-0.2, -0.15) is 0 Å². The highest BCUT2D eigenvalue weighted by Gasteiger charge is 2.35. The maximum absolute atomic E-state index is 14.5. The quantitative estimate of drug-likeness (QED) is 0.160. The zero-order chi connectivity index (χ0) is 32.6. The zero-order valence-electron chi connectivity index (χ0n) is 25.5. The number of aryl methyl sites for hydroxylation is 1. The Balaban J connectivity index is 1.81. The first-order chi connectivity index (χ1) is 21.5. The highest BCUT2D eigenvalue weighted by molar-refractivity contribution is 9.10. The summed E-state index contributed by atoms with van der Waals surface area (Å²) in [6, 6.07) is 28.7. The lowest BCUT2D eigenvalue weighted by Crippen LogP contribution is -2.54. The molecule has 0 unspecified atom stereocenters. The zero-order valence-corrected chi connectivity index (χ0v) is 28.6. The van der Waals surface area contributed by atoms with Crippen molar-refractivity contribution >= 4 is 55.1 Å². The molecule has 0 spiro atoms. The minimum absolute atomic E-state index is 0.0368. The maximum atomic E-state index is 14.5. The fourth-order valence-electron chi connectivity index (χ4n) is 4.82. The molecule has 7 nitrogen and oxygen atoms in total. The Kier molecular flexibility index (Phi) is 11.8. The third-order valence-corrected chi connectivity index (χ3v) is 10.0. The van der Waals surface area contributed by atoms with Crippen LogP contribution in [0.15, 0.2) is 112 Å². The van der Waals surface area contributed by atoms with Crippen LogP contribution in [0.3, 0.4) is 0 Å². The van der Waals surface area contributed by atoms with E-state index in [0.29, 0.717) is 11.4 Å². The van der Waals surface area contributed by atoms with E-state index in [-0.39, 0.29) is 35.5 Å². The van der Waals surface area contributed by atoms with Crippen LogP contribution in [0, 0.1) is 6.92 Å². The number of carbonyl (C=O) groups excluding carboxylic acids is 2. The normalized spacial score (nSPS) is 12.6. The third kappa shape index (κ3) is 9.19. The number of amides is 2. The number of anilines is 1. The lowest BCUT2D eigenvalue weighted by molar-refractivity contribution is -0.140. The van der Waals surface area contributed by atoms with Crippen LogP contribution < -0.4 is 9.62 Å². The topological polar surface area (TPSA) is 86.8 Å². The summed E-state index contributed by atoms with van der Waals surface area (Å²) in [6.07, 6.45) is 0.950. The van der Waals surface area contributed by atoms with Gasteiger partial charge in [-0.05, 0) is 73.9 Å². The second-order valence-corrected chi connectivity index (χ2v) is 14.2. The molecule has 45 heavy (non-hydrogen) atoms. The van der Waals surface area contributed by atoms with Crippen LogP contribution >= 0.6 is 27.5 Å². The Morgan fingerprint density at radius 2 is 1.56 bits per heavy atom. The summed E-state index contributed by atoms with van der Waals surface area (Å²) in [5, 5.41) is 3.37. The molecule has 4 aromatic carbocycles. The number of carbonyl (C=O) groups is 2. The predicted octanol–water partition coefficient (Wildman–Crippen LogP) is 7.16. The highest BCUT2D eigenvalue weighted by atomic mass is 79.9. The van der Waals surface area contributed by atoms with Gasteiger partial charge in [0.25, 0.3) is 10.0 Å². The van der Waals surface area contributed by atoms with E-state index >= 15 is 0 Å². The van der Waals surface area contributed by atoms with Gasteiger partial charge in [0.1, 0.15) is 12.6 Å². The number of nitrogens with zero attached hydrogens (tertiary/aromatic N) is 2. The Labute approximate surface area is 279 Å². The fraction of sp³-hybridized carbons (Fsp3) is 0.257. The second-order valence-electron chi connectivity index (χ2n) is 11.0. The smallest absolute Gasteiger partial charge is 0.264 e. The Morgan fingerprint density at radius 1 is 0.889 bits per heavy atom. The molecule has 1 N–H and O–H groups in total. The molecule has 0 saturated heterocycles. The van der Waals surface area contributed by atoms with E-state index in [9.17, 15) is 18.0 Å². The van der Waals surface area contributed by atoms with Crippen LogP contribution in [0.4, 0.5) is 5.69 Å². The summed E-state index contributed by atoms with van der Waals surface area (Å²) in [5.41, 5.74) is 2.79. The number of hydrogen-bond donors (Lipinski definition) is 1. The van der Waals surface area contributed by atoms with Gasteiger partial charge in [0.2, 0.25) is 11.8 Å². The summed E-state index contributed by atoms with van der Waals surface area (Å²) in [7, 11) is -4.20. The molecule has 4 rings (SSSR count). The minimum Gasteiger partial charge on any atom is -0.352 e. The van der Waals surface area contributed by atoms with E-state index in [0.717, 1.165) is 25.5 Å². The number of hydrogen-bond acceptors (Lipinski definition) is 4. The van der Waals surface area contributed by atoms with E-state index in [1.54, 1.807) is 30.3 Å². The van der Waals surface area contributed by atoms with Crippen molar-refractivity contribution in [2.24, 2.45) is 0 Å². The van der Waals surface area contributed by atoms with Crippen LogP contribution in [-0.2, 0) is 32.6 Å². The summed E-state index contributed by atoms with van der Waals surface area (Å²) >= 11 is 9.80. The van der Waals surface area contributed by atoms with Crippen molar-refractivity contribution in [2.45, 2.75) is 57.1 Å². The van der Waals surface area contributed by atoms with Crippen LogP contribution in [0.1, 0.15) is 37.0 Å². The van der Waals surface area contributed by atoms with Crippen molar-refractivity contribution in [3.63, 3.8) is 0 Å². The van der Waals surface area contributed by atoms with Crippen molar-refractivity contribution in [1.29, 1.82) is 0 Å². The molecule has 0 aliphatic carbocycles. The second kappa shape index (κ2) is 15.6. The van der Waals surface area contributed by atoms with Gasteiger partial charge in [0.15, 0.2) is 0 Å². The lowest BCUT2D eigenvalue weighted by atomic mass is 10.0. The standard InChI is InChI=1S/C35H37BrClN3O4S/c1-4-26(3)38-35(42)33(21-27-10-6-5-7-11-27)39(23-28-12-8-13-29(36)20-28)34(41)24-40(31-15-9-14-30(37)22-31)45(43,44)32-18-16-25(2)17-19-32/h5-20,22,26,33H,4,21,23-24H2,1-3H3,(H,38,42)/t26-,33+/m0/s1. The molecule has 0 heterocycles. The first-order valence-electron chi connectivity index (χ1n) is 14.7. The Morgan fingerprint density at radius 3 is 2.20 bits per heavy atom. The van der Waals surface area contributed by atoms with E-state index in [4.69, 9.17) is 11.6 Å². The van der Waals surface area contributed by atoms with Gasteiger partial charge >= 0.3 is 0 Å². The van der Waals surface area contributed by atoms with Crippen LogP contribution in [-0.4, -0.2) is 43.8 Å². The van der Waals surface area contributed by atoms with Gasteiger partial charge in [0, 0.05) is 28.5 Å². The van der Waals surface area contributed by atoms with Crippen LogP contribution in [0.2, 0.25) is 5.02 Å². The molecule has 10 heteroatoms. The molecule has 0 aromatic heterocycles.